The number of aliphatic hydroxyl groups is 1. The summed E-state index contributed by atoms with van der Waals surface area (Å²) >= 11 is 0. The predicted molar refractivity (Wildman–Crippen MR) is 49.4 cm³/mol. The molecule has 0 spiro atoms. The summed E-state index contributed by atoms with van der Waals surface area (Å²) in [7, 11) is -3.52. The molecule has 1 saturated heterocycles. The maximum atomic E-state index is 11.4. The SMILES string of the molecule is CCOC(=O)[C@@H]1CC[C@H](O)CS1(=O)=O. The molecule has 0 unspecified atom stereocenters. The van der Waals surface area contributed by atoms with E-state index in [0.29, 0.717) is 6.42 Å². The minimum absolute atomic E-state index is 0.155. The molecule has 0 aromatic rings. The number of carbonyl (C=O) groups is 1. The van der Waals surface area contributed by atoms with Gasteiger partial charge in [-0.1, -0.05) is 0 Å². The molecular formula is C8H14O5S. The first-order valence-electron chi connectivity index (χ1n) is 4.53. The third-order valence-corrected chi connectivity index (χ3v) is 4.31. The smallest absolute Gasteiger partial charge is 0.324 e. The molecule has 2 atom stereocenters. The Morgan fingerprint density at radius 2 is 2.14 bits per heavy atom. The van der Waals surface area contributed by atoms with E-state index >= 15 is 0 Å². The van der Waals surface area contributed by atoms with E-state index in [4.69, 9.17) is 5.11 Å². The van der Waals surface area contributed by atoms with Crippen LogP contribution >= 0.6 is 0 Å². The molecule has 82 valence electrons. The van der Waals surface area contributed by atoms with Crippen molar-refractivity contribution in [3.63, 3.8) is 0 Å². The summed E-state index contributed by atoms with van der Waals surface area (Å²) in [5.74, 6) is -1.03. The van der Waals surface area contributed by atoms with Gasteiger partial charge in [0, 0.05) is 0 Å². The fraction of sp³-hybridized carbons (Fsp3) is 0.875. The minimum Gasteiger partial charge on any atom is -0.465 e. The van der Waals surface area contributed by atoms with Gasteiger partial charge in [0.15, 0.2) is 15.1 Å². The minimum atomic E-state index is -3.52. The summed E-state index contributed by atoms with van der Waals surface area (Å²) in [6.07, 6.45) is -0.351. The molecule has 0 aromatic carbocycles. The Morgan fingerprint density at radius 1 is 1.50 bits per heavy atom. The van der Waals surface area contributed by atoms with Gasteiger partial charge < -0.3 is 9.84 Å². The van der Waals surface area contributed by atoms with Crippen LogP contribution in [0.5, 0.6) is 0 Å². The standard InChI is InChI=1S/C8H14O5S/c1-2-13-8(10)7-4-3-6(9)5-14(7,11)12/h6-7,9H,2-5H2,1H3/t6-,7-/m0/s1. The molecule has 0 aliphatic carbocycles. The molecule has 6 heteroatoms. The highest BCUT2D eigenvalue weighted by molar-refractivity contribution is 7.92. The summed E-state index contributed by atoms with van der Waals surface area (Å²) in [6, 6.07) is 0. The van der Waals surface area contributed by atoms with Crippen molar-refractivity contribution >= 4 is 15.8 Å². The Labute approximate surface area is 83.0 Å². The van der Waals surface area contributed by atoms with Gasteiger partial charge in [-0.15, -0.1) is 0 Å². The van der Waals surface area contributed by atoms with Crippen LogP contribution in [0.3, 0.4) is 0 Å². The van der Waals surface area contributed by atoms with Crippen molar-refractivity contribution in [1.29, 1.82) is 0 Å². The number of aliphatic hydroxyl groups excluding tert-OH is 1. The van der Waals surface area contributed by atoms with E-state index in [9.17, 15) is 13.2 Å². The van der Waals surface area contributed by atoms with Gasteiger partial charge >= 0.3 is 5.97 Å². The summed E-state index contributed by atoms with van der Waals surface area (Å²) in [4.78, 5) is 11.2. The highest BCUT2D eigenvalue weighted by atomic mass is 32.2. The number of carbonyl (C=O) groups excluding carboxylic acids is 1. The van der Waals surface area contributed by atoms with Gasteiger partial charge in [-0.25, -0.2) is 8.42 Å². The van der Waals surface area contributed by atoms with Gasteiger partial charge in [0.25, 0.3) is 0 Å². The lowest BCUT2D eigenvalue weighted by Crippen LogP contribution is -2.41. The summed E-state index contributed by atoms with van der Waals surface area (Å²) in [6.45, 7) is 1.80. The van der Waals surface area contributed by atoms with Crippen molar-refractivity contribution in [2.75, 3.05) is 12.4 Å². The summed E-state index contributed by atoms with van der Waals surface area (Å²) in [5, 5.41) is 8.07. The lowest BCUT2D eigenvalue weighted by atomic mass is 10.1. The van der Waals surface area contributed by atoms with Gasteiger partial charge in [-0.2, -0.15) is 0 Å². The van der Waals surface area contributed by atoms with Gasteiger partial charge in [0.05, 0.1) is 18.5 Å². The monoisotopic (exact) mass is 222 g/mol. The van der Waals surface area contributed by atoms with E-state index in [1.807, 2.05) is 0 Å². The molecule has 1 fully saturated rings. The molecule has 1 aliphatic heterocycles. The Kier molecular flexibility index (Phi) is 3.49. The summed E-state index contributed by atoms with van der Waals surface area (Å²) in [5.41, 5.74) is 0. The fourth-order valence-corrected chi connectivity index (χ4v) is 3.28. The third-order valence-electron chi connectivity index (χ3n) is 2.17. The molecule has 14 heavy (non-hydrogen) atoms. The van der Waals surface area contributed by atoms with Crippen LogP contribution in [0.2, 0.25) is 0 Å². The third kappa shape index (κ3) is 2.45. The molecular weight excluding hydrogens is 208 g/mol. The quantitative estimate of drug-likeness (QED) is 0.636. The zero-order valence-electron chi connectivity index (χ0n) is 7.97. The second-order valence-electron chi connectivity index (χ2n) is 3.30. The Bertz CT molecular complexity index is 308. The first kappa shape index (κ1) is 11.5. The number of esters is 1. The maximum absolute atomic E-state index is 11.4. The Hall–Kier alpha value is -0.620. The highest BCUT2D eigenvalue weighted by Gasteiger charge is 2.39. The summed E-state index contributed by atoms with van der Waals surface area (Å²) < 4.78 is 27.5. The maximum Gasteiger partial charge on any atom is 0.324 e. The van der Waals surface area contributed by atoms with E-state index in [1.54, 1.807) is 6.92 Å². The van der Waals surface area contributed by atoms with E-state index in [1.165, 1.54) is 0 Å². The zero-order chi connectivity index (χ0) is 10.8. The van der Waals surface area contributed by atoms with Crippen molar-refractivity contribution < 1.29 is 23.1 Å². The Morgan fingerprint density at radius 3 is 2.64 bits per heavy atom. The number of ether oxygens (including phenoxy) is 1. The van der Waals surface area contributed by atoms with Crippen LogP contribution in [0.15, 0.2) is 0 Å². The van der Waals surface area contributed by atoms with Crippen molar-refractivity contribution in [3.05, 3.63) is 0 Å². The second kappa shape index (κ2) is 4.27. The average Bonchev–Trinajstić information content (AvgIpc) is 2.01. The molecule has 1 heterocycles. The van der Waals surface area contributed by atoms with Gasteiger partial charge in [-0.05, 0) is 19.8 Å². The molecule has 1 N–H and O–H groups in total. The zero-order valence-corrected chi connectivity index (χ0v) is 8.79. The van der Waals surface area contributed by atoms with Crippen LogP contribution < -0.4 is 0 Å². The lowest BCUT2D eigenvalue weighted by molar-refractivity contribution is -0.142. The van der Waals surface area contributed by atoms with Crippen LogP contribution in [-0.4, -0.2) is 43.2 Å². The van der Waals surface area contributed by atoms with Crippen LogP contribution in [0.1, 0.15) is 19.8 Å². The average molecular weight is 222 g/mol. The molecule has 0 bridgehead atoms. The van der Waals surface area contributed by atoms with Crippen LogP contribution in [-0.2, 0) is 19.4 Å². The molecule has 0 amide bonds. The Balaban J connectivity index is 2.75. The molecule has 1 aliphatic rings. The van der Waals surface area contributed by atoms with E-state index in [0.717, 1.165) is 0 Å². The van der Waals surface area contributed by atoms with Crippen molar-refractivity contribution in [2.45, 2.75) is 31.1 Å². The number of sulfone groups is 1. The molecule has 0 aromatic heterocycles. The van der Waals surface area contributed by atoms with Crippen LogP contribution in [0, 0.1) is 0 Å². The molecule has 5 nitrogen and oxygen atoms in total. The normalized spacial score (nSPS) is 31.0. The van der Waals surface area contributed by atoms with Gasteiger partial charge in [-0.3, -0.25) is 4.79 Å². The fourth-order valence-electron chi connectivity index (χ4n) is 1.49. The van der Waals surface area contributed by atoms with Crippen LogP contribution in [0.25, 0.3) is 0 Å². The first-order chi connectivity index (χ1) is 6.47. The number of rotatable bonds is 2. The van der Waals surface area contributed by atoms with E-state index in [-0.39, 0.29) is 18.8 Å². The molecule has 0 radical (unpaired) electrons. The van der Waals surface area contributed by atoms with E-state index in [2.05, 4.69) is 4.74 Å². The van der Waals surface area contributed by atoms with Crippen LogP contribution in [0.4, 0.5) is 0 Å². The molecule has 1 rings (SSSR count). The van der Waals surface area contributed by atoms with Crippen molar-refractivity contribution in [1.82, 2.24) is 0 Å². The van der Waals surface area contributed by atoms with E-state index < -0.39 is 27.2 Å². The molecule has 0 saturated carbocycles. The van der Waals surface area contributed by atoms with Crippen molar-refractivity contribution in [2.24, 2.45) is 0 Å². The lowest BCUT2D eigenvalue weighted by Gasteiger charge is -2.23. The predicted octanol–water partition coefficient (Wildman–Crippen LogP) is -0.512. The first-order valence-corrected chi connectivity index (χ1v) is 6.25. The van der Waals surface area contributed by atoms with Gasteiger partial charge in [0.1, 0.15) is 0 Å². The van der Waals surface area contributed by atoms with Gasteiger partial charge in [0.2, 0.25) is 0 Å². The largest absolute Gasteiger partial charge is 0.465 e. The second-order valence-corrected chi connectivity index (χ2v) is 5.53. The highest BCUT2D eigenvalue weighted by Crippen LogP contribution is 2.21. The number of hydrogen-bond acceptors (Lipinski definition) is 5. The van der Waals surface area contributed by atoms with Crippen molar-refractivity contribution in [3.8, 4) is 0 Å². The topological polar surface area (TPSA) is 80.7 Å². The number of hydrogen-bond donors (Lipinski definition) is 1.